The summed E-state index contributed by atoms with van der Waals surface area (Å²) in [6.45, 7) is 6.73. The number of hydrogen-bond acceptors (Lipinski definition) is 4. The van der Waals surface area contributed by atoms with Gasteiger partial charge in [0.15, 0.2) is 0 Å². The summed E-state index contributed by atoms with van der Waals surface area (Å²) >= 11 is 0. The lowest BCUT2D eigenvalue weighted by atomic mass is 9.89. The van der Waals surface area contributed by atoms with Crippen LogP contribution in [0, 0.1) is 5.82 Å². The fourth-order valence-electron chi connectivity index (χ4n) is 2.74. The van der Waals surface area contributed by atoms with Crippen LogP contribution in [0.15, 0.2) is 12.1 Å². The van der Waals surface area contributed by atoms with E-state index in [1.807, 2.05) is 20.8 Å². The van der Waals surface area contributed by atoms with Gasteiger partial charge in [-0.2, -0.15) is 0 Å². The number of carbonyl (C=O) groups excluding carboxylic acids is 1. The number of nitrogens with two attached hydrogens (primary N) is 1. The molecule has 0 aromatic heterocycles. The highest BCUT2D eigenvalue weighted by Crippen LogP contribution is 2.34. The van der Waals surface area contributed by atoms with Gasteiger partial charge in [0.05, 0.1) is 7.11 Å². The number of nitrogens with zero attached hydrogens (tertiary/aromatic N) is 1. The summed E-state index contributed by atoms with van der Waals surface area (Å²) in [6, 6.07) is 3.25. The first-order chi connectivity index (χ1) is 10.7. The Balaban J connectivity index is 2.02. The third-order valence-electron chi connectivity index (χ3n) is 3.95. The molecule has 0 bridgehead atoms. The van der Waals surface area contributed by atoms with Crippen molar-refractivity contribution < 1.29 is 18.7 Å². The predicted octanol–water partition coefficient (Wildman–Crippen LogP) is 3.53. The molecule has 1 aliphatic rings. The zero-order chi connectivity index (χ0) is 17.2. The standard InChI is InChI=1S/C17H25FN2O3/c1-17(2,3)23-16(21)20-7-5-11(6-8-20)12-9-13(18)15(19)14(10-12)22-4/h9-11H,5-8,19H2,1-4H3. The molecule has 0 radical (unpaired) electrons. The second kappa shape index (κ2) is 6.64. The SMILES string of the molecule is COc1cc(C2CCN(C(=O)OC(C)(C)C)CC2)cc(F)c1N. The highest BCUT2D eigenvalue weighted by atomic mass is 19.1. The van der Waals surface area contributed by atoms with Crippen molar-refractivity contribution in [3.8, 4) is 5.75 Å². The van der Waals surface area contributed by atoms with Gasteiger partial charge in [0, 0.05) is 13.1 Å². The van der Waals surface area contributed by atoms with Crippen LogP contribution in [0.5, 0.6) is 5.75 Å². The Kier molecular flexibility index (Phi) is 5.02. The van der Waals surface area contributed by atoms with Gasteiger partial charge in [-0.05, 0) is 57.2 Å². The smallest absolute Gasteiger partial charge is 0.410 e. The van der Waals surface area contributed by atoms with Crippen molar-refractivity contribution in [2.45, 2.75) is 45.1 Å². The quantitative estimate of drug-likeness (QED) is 0.845. The molecular formula is C17H25FN2O3. The molecule has 23 heavy (non-hydrogen) atoms. The first-order valence-electron chi connectivity index (χ1n) is 7.82. The molecule has 2 N–H and O–H groups in total. The lowest BCUT2D eigenvalue weighted by Crippen LogP contribution is -2.41. The maximum absolute atomic E-state index is 13.9. The number of piperidine rings is 1. The van der Waals surface area contributed by atoms with Gasteiger partial charge in [0.25, 0.3) is 0 Å². The van der Waals surface area contributed by atoms with E-state index in [1.165, 1.54) is 13.2 Å². The summed E-state index contributed by atoms with van der Waals surface area (Å²) in [5.41, 5.74) is 6.03. The van der Waals surface area contributed by atoms with Crippen molar-refractivity contribution in [1.82, 2.24) is 4.90 Å². The minimum atomic E-state index is -0.499. The zero-order valence-electron chi connectivity index (χ0n) is 14.2. The number of methoxy groups -OCH3 is 1. The van der Waals surface area contributed by atoms with Crippen molar-refractivity contribution >= 4 is 11.8 Å². The Labute approximate surface area is 136 Å². The van der Waals surface area contributed by atoms with Crippen LogP contribution in [0.25, 0.3) is 0 Å². The van der Waals surface area contributed by atoms with Crippen LogP contribution < -0.4 is 10.5 Å². The van der Waals surface area contributed by atoms with Gasteiger partial charge < -0.3 is 20.1 Å². The van der Waals surface area contributed by atoms with Crippen molar-refractivity contribution in [1.29, 1.82) is 0 Å². The van der Waals surface area contributed by atoms with E-state index in [9.17, 15) is 9.18 Å². The van der Waals surface area contributed by atoms with Crippen LogP contribution in [-0.2, 0) is 4.74 Å². The molecule has 1 aromatic carbocycles. The molecule has 1 aliphatic heterocycles. The molecule has 128 valence electrons. The molecule has 1 aromatic rings. The zero-order valence-corrected chi connectivity index (χ0v) is 14.2. The summed E-state index contributed by atoms with van der Waals surface area (Å²) in [5.74, 6) is 0.0705. The molecular weight excluding hydrogens is 299 g/mol. The Bertz CT molecular complexity index is 576. The summed E-state index contributed by atoms with van der Waals surface area (Å²) in [6.07, 6.45) is 1.22. The summed E-state index contributed by atoms with van der Waals surface area (Å²) in [7, 11) is 1.47. The van der Waals surface area contributed by atoms with E-state index in [1.54, 1.807) is 11.0 Å². The predicted molar refractivity (Wildman–Crippen MR) is 87.1 cm³/mol. The van der Waals surface area contributed by atoms with Crippen LogP contribution >= 0.6 is 0 Å². The average Bonchev–Trinajstić information content (AvgIpc) is 2.48. The fourth-order valence-corrected chi connectivity index (χ4v) is 2.74. The van der Waals surface area contributed by atoms with E-state index in [0.29, 0.717) is 18.8 Å². The van der Waals surface area contributed by atoms with Crippen LogP contribution in [0.4, 0.5) is 14.9 Å². The van der Waals surface area contributed by atoms with E-state index in [0.717, 1.165) is 18.4 Å². The maximum atomic E-state index is 13.9. The van der Waals surface area contributed by atoms with Crippen molar-refractivity contribution in [2.24, 2.45) is 0 Å². The number of halogens is 1. The van der Waals surface area contributed by atoms with Gasteiger partial charge in [-0.15, -0.1) is 0 Å². The van der Waals surface area contributed by atoms with Gasteiger partial charge >= 0.3 is 6.09 Å². The van der Waals surface area contributed by atoms with Crippen molar-refractivity contribution in [3.05, 3.63) is 23.5 Å². The number of carbonyl (C=O) groups is 1. The normalized spacial score (nSPS) is 16.3. The first-order valence-corrected chi connectivity index (χ1v) is 7.82. The molecule has 2 rings (SSSR count). The van der Waals surface area contributed by atoms with Crippen molar-refractivity contribution in [3.63, 3.8) is 0 Å². The van der Waals surface area contributed by atoms with E-state index < -0.39 is 11.4 Å². The summed E-state index contributed by atoms with van der Waals surface area (Å²) in [5, 5.41) is 0. The molecule has 1 fully saturated rings. The van der Waals surface area contributed by atoms with Crippen LogP contribution in [0.3, 0.4) is 0 Å². The molecule has 6 heteroatoms. The van der Waals surface area contributed by atoms with E-state index in [4.69, 9.17) is 15.2 Å². The van der Waals surface area contributed by atoms with E-state index in [-0.39, 0.29) is 17.7 Å². The second-order valence-corrected chi connectivity index (χ2v) is 6.86. The number of anilines is 1. The number of likely N-dealkylation sites (tertiary alicyclic amines) is 1. The molecule has 5 nitrogen and oxygen atoms in total. The third-order valence-corrected chi connectivity index (χ3v) is 3.95. The van der Waals surface area contributed by atoms with Crippen LogP contribution in [0.2, 0.25) is 0 Å². The van der Waals surface area contributed by atoms with Gasteiger partial charge in [-0.3, -0.25) is 0 Å². The van der Waals surface area contributed by atoms with E-state index >= 15 is 0 Å². The first kappa shape index (κ1) is 17.4. The fraction of sp³-hybridized carbons (Fsp3) is 0.588. The van der Waals surface area contributed by atoms with Gasteiger partial charge in [0.2, 0.25) is 0 Å². The molecule has 0 atom stereocenters. The number of nitrogen functional groups attached to an aromatic ring is 1. The number of benzene rings is 1. The second-order valence-electron chi connectivity index (χ2n) is 6.86. The monoisotopic (exact) mass is 324 g/mol. The number of hydrogen-bond donors (Lipinski definition) is 1. The lowest BCUT2D eigenvalue weighted by Gasteiger charge is -2.33. The van der Waals surface area contributed by atoms with Gasteiger partial charge in [0.1, 0.15) is 22.9 Å². The Morgan fingerprint density at radius 1 is 1.30 bits per heavy atom. The summed E-state index contributed by atoms with van der Waals surface area (Å²) < 4.78 is 24.4. The number of rotatable bonds is 2. The highest BCUT2D eigenvalue weighted by molar-refractivity contribution is 5.68. The molecule has 0 unspecified atom stereocenters. The minimum absolute atomic E-state index is 0.0300. The van der Waals surface area contributed by atoms with E-state index in [2.05, 4.69) is 0 Å². The number of amides is 1. The molecule has 0 aliphatic carbocycles. The third kappa shape index (κ3) is 4.27. The lowest BCUT2D eigenvalue weighted by molar-refractivity contribution is 0.0204. The van der Waals surface area contributed by atoms with Crippen LogP contribution in [-0.4, -0.2) is 36.8 Å². The molecule has 1 amide bonds. The maximum Gasteiger partial charge on any atom is 0.410 e. The molecule has 0 saturated carbocycles. The Morgan fingerprint density at radius 2 is 1.91 bits per heavy atom. The largest absolute Gasteiger partial charge is 0.494 e. The Morgan fingerprint density at radius 3 is 2.43 bits per heavy atom. The molecule has 1 heterocycles. The number of ether oxygens (including phenoxy) is 2. The van der Waals surface area contributed by atoms with Crippen molar-refractivity contribution in [2.75, 3.05) is 25.9 Å². The minimum Gasteiger partial charge on any atom is -0.494 e. The van der Waals surface area contributed by atoms with Crippen LogP contribution in [0.1, 0.15) is 45.1 Å². The molecule has 0 spiro atoms. The topological polar surface area (TPSA) is 64.8 Å². The molecule has 1 saturated heterocycles. The Hall–Kier alpha value is -1.98. The average molecular weight is 324 g/mol. The summed E-state index contributed by atoms with van der Waals surface area (Å²) in [4.78, 5) is 13.8. The van der Waals surface area contributed by atoms with Gasteiger partial charge in [-0.1, -0.05) is 0 Å². The highest BCUT2D eigenvalue weighted by Gasteiger charge is 2.28. The van der Waals surface area contributed by atoms with Gasteiger partial charge in [-0.25, -0.2) is 9.18 Å².